The molecule has 0 aliphatic rings. The number of hydrogen-bond donors (Lipinski definition) is 1. The third kappa shape index (κ3) is 2.42. The van der Waals surface area contributed by atoms with Crippen molar-refractivity contribution in [1.29, 1.82) is 0 Å². The van der Waals surface area contributed by atoms with Gasteiger partial charge in [-0.3, -0.25) is 0 Å². The van der Waals surface area contributed by atoms with E-state index in [0.717, 1.165) is 5.56 Å². The highest BCUT2D eigenvalue weighted by Crippen LogP contribution is 2.29. The molecule has 1 rings (SSSR count). The maximum absolute atomic E-state index is 9.59. The van der Waals surface area contributed by atoms with Crippen LogP contribution in [0.4, 0.5) is 0 Å². The van der Waals surface area contributed by atoms with Crippen molar-refractivity contribution in [3.63, 3.8) is 0 Å². The largest absolute Gasteiger partial charge is 0.405 e. The van der Waals surface area contributed by atoms with E-state index in [1.165, 1.54) is 0 Å². The summed E-state index contributed by atoms with van der Waals surface area (Å²) in [5.74, 6) is 0. The molecule has 0 saturated heterocycles. The van der Waals surface area contributed by atoms with Crippen LogP contribution in [0.15, 0.2) is 24.3 Å². The van der Waals surface area contributed by atoms with Gasteiger partial charge < -0.3 is 5.11 Å². The van der Waals surface area contributed by atoms with E-state index in [-0.39, 0.29) is 5.41 Å². The zero-order valence-electron chi connectivity index (χ0n) is 8.91. The van der Waals surface area contributed by atoms with E-state index in [4.69, 9.17) is 15.7 Å². The zero-order valence-corrected chi connectivity index (χ0v) is 8.91. The van der Waals surface area contributed by atoms with Gasteiger partial charge in [0.25, 0.3) is 0 Å². The van der Waals surface area contributed by atoms with E-state index in [1.54, 1.807) is 6.07 Å². The van der Waals surface area contributed by atoms with Gasteiger partial charge in [-0.2, -0.15) is 0 Å². The second-order valence-corrected chi connectivity index (χ2v) is 4.62. The first kappa shape index (κ1) is 11.4. The Morgan fingerprint density at radius 1 is 1.00 bits per heavy atom. The van der Waals surface area contributed by atoms with Crippen LogP contribution in [0.1, 0.15) is 31.9 Å². The normalized spacial score (nSPS) is 12.9. The van der Waals surface area contributed by atoms with Crippen molar-refractivity contribution in [2.45, 2.75) is 31.6 Å². The molecule has 70 valence electrons. The Morgan fingerprint density at radius 2 is 1.43 bits per heavy atom. The van der Waals surface area contributed by atoms with E-state index >= 15 is 0 Å². The van der Waals surface area contributed by atoms with Gasteiger partial charge in [0.2, 0.25) is 0 Å². The quantitative estimate of drug-likeness (QED) is 0.654. The smallest absolute Gasteiger partial charge is 0.105 e. The summed E-state index contributed by atoms with van der Waals surface area (Å²) in [5, 5.41) is 7.83. The summed E-state index contributed by atoms with van der Waals surface area (Å²) in [6, 6.07) is 7.41. The third-order valence-corrected chi connectivity index (χ3v) is 2.17. The van der Waals surface area contributed by atoms with Crippen molar-refractivity contribution in [2.24, 2.45) is 0 Å². The molecule has 1 aromatic carbocycles. The molecule has 0 aliphatic heterocycles. The van der Waals surface area contributed by atoms with Crippen LogP contribution in [0, 0.1) is 0 Å². The average molecular weight is 184 g/mol. The Labute approximate surface area is 88.4 Å². The van der Waals surface area contributed by atoms with Crippen LogP contribution in [0.25, 0.3) is 0 Å². The molecule has 1 nitrogen and oxygen atoms in total. The third-order valence-electron chi connectivity index (χ3n) is 2.17. The first-order valence-corrected chi connectivity index (χ1v) is 4.63. The highest BCUT2D eigenvalue weighted by Gasteiger charge is 2.24. The van der Waals surface area contributed by atoms with E-state index in [1.807, 2.05) is 18.2 Å². The minimum absolute atomic E-state index is 0.0800. The van der Waals surface area contributed by atoms with Gasteiger partial charge in [-0.15, -0.1) is 0 Å². The molecule has 0 bridgehead atoms. The fourth-order valence-corrected chi connectivity index (χ4v) is 1.49. The molecule has 0 aliphatic carbocycles. The molecule has 14 heavy (non-hydrogen) atoms. The van der Waals surface area contributed by atoms with E-state index in [9.17, 15) is 5.11 Å². The van der Waals surface area contributed by atoms with Crippen LogP contribution in [0.2, 0.25) is 0 Å². The van der Waals surface area contributed by atoms with Crippen molar-refractivity contribution < 1.29 is 5.11 Å². The van der Waals surface area contributed by atoms with Gasteiger partial charge in [-0.25, -0.2) is 0 Å². The number of hydrogen-bond acceptors (Lipinski definition) is 1. The molecule has 3 heteroatoms. The topological polar surface area (TPSA) is 20.2 Å². The van der Waals surface area contributed by atoms with E-state index in [0.29, 0.717) is 5.56 Å². The van der Waals surface area contributed by atoms with Crippen LogP contribution >= 0.6 is 0 Å². The van der Waals surface area contributed by atoms with Gasteiger partial charge in [0.1, 0.15) is 15.7 Å². The lowest BCUT2D eigenvalue weighted by Crippen LogP contribution is -2.30. The van der Waals surface area contributed by atoms with Crippen molar-refractivity contribution in [2.75, 3.05) is 0 Å². The summed E-state index contributed by atoms with van der Waals surface area (Å²) in [5.41, 5.74) is 1.46. The first-order chi connectivity index (χ1) is 6.23. The summed E-state index contributed by atoms with van der Waals surface area (Å²) in [7, 11) is 11.0. The minimum Gasteiger partial charge on any atom is -0.405 e. The lowest BCUT2D eigenvalue weighted by Gasteiger charge is -2.29. The van der Waals surface area contributed by atoms with Crippen LogP contribution < -0.4 is 0 Å². The Bertz CT molecular complexity index is 288. The molecule has 0 aromatic heterocycles. The number of aliphatic hydroxyl groups is 1. The van der Waals surface area contributed by atoms with Crippen LogP contribution in [-0.2, 0) is 10.8 Å². The summed E-state index contributed by atoms with van der Waals surface area (Å²) in [4.78, 5) is 0. The van der Waals surface area contributed by atoms with Crippen LogP contribution in [-0.4, -0.2) is 20.8 Å². The van der Waals surface area contributed by atoms with E-state index in [2.05, 4.69) is 20.8 Å². The highest BCUT2D eigenvalue weighted by atomic mass is 16.3. The highest BCUT2D eigenvalue weighted by molar-refractivity contribution is 6.38. The predicted molar refractivity (Wildman–Crippen MR) is 60.5 cm³/mol. The van der Waals surface area contributed by atoms with Crippen LogP contribution in [0.3, 0.4) is 0 Å². The second kappa shape index (κ2) is 3.47. The second-order valence-electron chi connectivity index (χ2n) is 4.62. The standard InChI is InChI=1S/C11H14B2O/c1-10(2,3)8-6-4-5-7-9(8)11(12,13)14/h4-7,14H,1-3H3. The molecule has 0 spiro atoms. The van der Waals surface area contributed by atoms with Gasteiger partial charge in [0.05, 0.1) is 0 Å². The molecule has 1 N–H and O–H groups in total. The van der Waals surface area contributed by atoms with E-state index < -0.39 is 5.40 Å². The molecule has 0 fully saturated rings. The average Bonchev–Trinajstić information content (AvgIpc) is 2.01. The predicted octanol–water partition coefficient (Wildman–Crippen LogP) is 1.42. The summed E-state index contributed by atoms with van der Waals surface area (Å²) in [6.45, 7) is 6.16. The molecule has 0 atom stereocenters. The Balaban J connectivity index is 3.31. The molecular formula is C11H14B2O. The van der Waals surface area contributed by atoms with Crippen molar-refractivity contribution >= 4 is 15.7 Å². The first-order valence-electron chi connectivity index (χ1n) is 4.63. The number of rotatable bonds is 1. The van der Waals surface area contributed by atoms with Crippen molar-refractivity contribution in [1.82, 2.24) is 0 Å². The molecule has 0 unspecified atom stereocenters. The monoisotopic (exact) mass is 184 g/mol. The Hall–Kier alpha value is -0.690. The fourth-order valence-electron chi connectivity index (χ4n) is 1.49. The molecular weight excluding hydrogens is 170 g/mol. The lowest BCUT2D eigenvalue weighted by molar-refractivity contribution is 0.214. The number of benzene rings is 1. The lowest BCUT2D eigenvalue weighted by atomic mass is 9.59. The molecule has 0 saturated carbocycles. The summed E-state index contributed by atoms with van der Waals surface area (Å²) >= 11 is 0. The fraction of sp³-hybridized carbons (Fsp3) is 0.455. The molecule has 4 radical (unpaired) electrons. The maximum Gasteiger partial charge on any atom is 0.105 e. The van der Waals surface area contributed by atoms with Crippen LogP contribution in [0.5, 0.6) is 0 Å². The van der Waals surface area contributed by atoms with Gasteiger partial charge in [0, 0.05) is 5.40 Å². The SMILES string of the molecule is [B]C([B])(O)c1ccccc1C(C)(C)C. The van der Waals surface area contributed by atoms with Crippen molar-refractivity contribution in [3.05, 3.63) is 35.4 Å². The minimum atomic E-state index is -1.76. The Kier molecular flexibility index (Phi) is 2.82. The Morgan fingerprint density at radius 3 is 1.71 bits per heavy atom. The van der Waals surface area contributed by atoms with Crippen molar-refractivity contribution in [3.8, 4) is 0 Å². The molecule has 0 amide bonds. The van der Waals surface area contributed by atoms with Gasteiger partial charge in [-0.1, -0.05) is 45.0 Å². The van der Waals surface area contributed by atoms with Gasteiger partial charge >= 0.3 is 0 Å². The maximum atomic E-state index is 9.59. The van der Waals surface area contributed by atoms with Gasteiger partial charge in [-0.05, 0) is 16.5 Å². The summed E-state index contributed by atoms with van der Waals surface area (Å²) in [6.07, 6.45) is 0. The molecule has 1 aromatic rings. The molecule has 0 heterocycles. The summed E-state index contributed by atoms with van der Waals surface area (Å²) < 4.78 is 0. The van der Waals surface area contributed by atoms with Gasteiger partial charge in [0.15, 0.2) is 0 Å². The zero-order chi connectivity index (χ0) is 11.0.